The summed E-state index contributed by atoms with van der Waals surface area (Å²) in [7, 11) is 0. The van der Waals surface area contributed by atoms with Crippen molar-refractivity contribution in [2.45, 2.75) is 32.1 Å². The van der Waals surface area contributed by atoms with Crippen LogP contribution >= 0.6 is 0 Å². The van der Waals surface area contributed by atoms with Gasteiger partial charge in [-0.15, -0.1) is 0 Å². The van der Waals surface area contributed by atoms with Gasteiger partial charge in [-0.3, -0.25) is 0 Å². The Morgan fingerprint density at radius 1 is 1.22 bits per heavy atom. The van der Waals surface area contributed by atoms with Crippen LogP contribution in [0.5, 0.6) is 0 Å². The molecule has 1 saturated carbocycles. The third kappa shape index (κ3) is 2.70. The fourth-order valence-corrected chi connectivity index (χ4v) is 2.06. The summed E-state index contributed by atoms with van der Waals surface area (Å²) in [4.78, 5) is 4.42. The number of rotatable bonds is 5. The highest BCUT2D eigenvalue weighted by Gasteiger charge is 2.23. The smallest absolute Gasteiger partial charge is 0.226 e. The van der Waals surface area contributed by atoms with E-state index in [0.717, 1.165) is 42.3 Å². The van der Waals surface area contributed by atoms with Crippen molar-refractivity contribution in [1.29, 1.82) is 0 Å². The maximum Gasteiger partial charge on any atom is 0.226 e. The highest BCUT2D eigenvalue weighted by molar-refractivity contribution is 5.46. The first-order valence-electron chi connectivity index (χ1n) is 6.46. The first-order chi connectivity index (χ1) is 8.81. The molecule has 1 aliphatic carbocycles. The Morgan fingerprint density at radius 3 is 2.83 bits per heavy atom. The molecule has 2 N–H and O–H groups in total. The molecule has 0 atom stereocenters. The number of nitrogens with zero attached hydrogens (tertiary/aromatic N) is 2. The van der Waals surface area contributed by atoms with Gasteiger partial charge in [0.1, 0.15) is 0 Å². The van der Waals surface area contributed by atoms with E-state index in [1.807, 2.05) is 24.3 Å². The predicted molar refractivity (Wildman–Crippen MR) is 69.0 cm³/mol. The zero-order valence-corrected chi connectivity index (χ0v) is 10.3. The van der Waals surface area contributed by atoms with Crippen molar-refractivity contribution in [2.75, 3.05) is 5.73 Å². The molecule has 4 nitrogen and oxygen atoms in total. The lowest BCUT2D eigenvalue weighted by molar-refractivity contribution is 0.372. The average molecular weight is 243 g/mol. The molecular weight excluding hydrogens is 226 g/mol. The van der Waals surface area contributed by atoms with E-state index in [1.165, 1.54) is 12.8 Å². The summed E-state index contributed by atoms with van der Waals surface area (Å²) in [5.74, 6) is 2.36. The first-order valence-corrected chi connectivity index (χ1v) is 6.46. The van der Waals surface area contributed by atoms with Gasteiger partial charge in [-0.05, 0) is 36.8 Å². The summed E-state index contributed by atoms with van der Waals surface area (Å²) in [6.07, 6.45) is 5.19. The average Bonchev–Trinajstić information content (AvgIpc) is 3.06. The molecule has 1 fully saturated rings. The molecular formula is C14H17N3O. The molecule has 2 aromatic rings. The van der Waals surface area contributed by atoms with Gasteiger partial charge >= 0.3 is 0 Å². The van der Waals surface area contributed by atoms with Gasteiger partial charge in [0, 0.05) is 18.5 Å². The predicted octanol–water partition coefficient (Wildman–Crippen LogP) is 2.39. The molecule has 0 spiro atoms. The minimum absolute atomic E-state index is 0.717. The van der Waals surface area contributed by atoms with Gasteiger partial charge in [-0.2, -0.15) is 4.98 Å². The van der Waals surface area contributed by atoms with E-state index in [9.17, 15) is 0 Å². The van der Waals surface area contributed by atoms with E-state index in [-0.39, 0.29) is 0 Å². The molecule has 0 radical (unpaired) electrons. The van der Waals surface area contributed by atoms with Crippen LogP contribution in [0.2, 0.25) is 0 Å². The van der Waals surface area contributed by atoms with Crippen LogP contribution < -0.4 is 5.73 Å². The molecule has 0 aliphatic heterocycles. The van der Waals surface area contributed by atoms with E-state index < -0.39 is 0 Å². The van der Waals surface area contributed by atoms with Crippen LogP contribution in [0.4, 0.5) is 5.69 Å². The Kier molecular flexibility index (Phi) is 3.00. The van der Waals surface area contributed by atoms with E-state index in [2.05, 4.69) is 10.1 Å². The topological polar surface area (TPSA) is 64.9 Å². The summed E-state index contributed by atoms with van der Waals surface area (Å²) < 4.78 is 5.25. The monoisotopic (exact) mass is 243 g/mol. The molecule has 1 aliphatic rings. The maximum atomic E-state index is 5.90. The lowest BCUT2D eigenvalue weighted by Crippen LogP contribution is -1.97. The molecule has 18 heavy (non-hydrogen) atoms. The number of nitrogen functional groups attached to an aromatic ring is 1. The molecule has 1 heterocycles. The second kappa shape index (κ2) is 4.80. The lowest BCUT2D eigenvalue weighted by atomic mass is 10.1. The van der Waals surface area contributed by atoms with Crippen molar-refractivity contribution in [3.05, 3.63) is 41.5 Å². The number of aryl methyl sites for hydroxylation is 2. The van der Waals surface area contributed by atoms with Gasteiger partial charge in [-0.1, -0.05) is 23.4 Å². The number of aromatic nitrogens is 2. The molecule has 0 unspecified atom stereocenters. The van der Waals surface area contributed by atoms with Crippen molar-refractivity contribution in [3.8, 4) is 0 Å². The Bertz CT molecular complexity index is 531. The summed E-state index contributed by atoms with van der Waals surface area (Å²) in [5.41, 5.74) is 7.86. The molecule has 94 valence electrons. The van der Waals surface area contributed by atoms with Crippen LogP contribution in [0.3, 0.4) is 0 Å². The van der Waals surface area contributed by atoms with Crippen molar-refractivity contribution < 1.29 is 4.52 Å². The van der Waals surface area contributed by atoms with Gasteiger partial charge in [0.05, 0.1) is 0 Å². The molecule has 3 rings (SSSR count). The van der Waals surface area contributed by atoms with Crippen molar-refractivity contribution in [3.63, 3.8) is 0 Å². The van der Waals surface area contributed by atoms with Crippen LogP contribution in [0.1, 0.15) is 30.1 Å². The Labute approximate surface area is 106 Å². The second-order valence-electron chi connectivity index (χ2n) is 4.95. The number of benzene rings is 1. The lowest BCUT2D eigenvalue weighted by Gasteiger charge is -2.02. The maximum absolute atomic E-state index is 5.90. The highest BCUT2D eigenvalue weighted by Crippen LogP contribution is 2.31. The van der Waals surface area contributed by atoms with Crippen molar-refractivity contribution in [1.82, 2.24) is 10.1 Å². The number of hydrogen-bond acceptors (Lipinski definition) is 4. The number of nitrogens with two attached hydrogens (primary N) is 1. The number of hydrogen-bond donors (Lipinski definition) is 1. The summed E-state index contributed by atoms with van der Waals surface area (Å²) >= 11 is 0. The van der Waals surface area contributed by atoms with Crippen LogP contribution in [-0.4, -0.2) is 10.1 Å². The number of anilines is 1. The van der Waals surface area contributed by atoms with Crippen LogP contribution in [0.15, 0.2) is 28.8 Å². The molecule has 4 heteroatoms. The molecule has 0 saturated heterocycles. The minimum Gasteiger partial charge on any atom is -0.399 e. The zero-order chi connectivity index (χ0) is 12.4. The van der Waals surface area contributed by atoms with Gasteiger partial charge in [0.2, 0.25) is 5.89 Å². The first kappa shape index (κ1) is 11.3. The quantitative estimate of drug-likeness (QED) is 0.819. The van der Waals surface area contributed by atoms with Crippen molar-refractivity contribution >= 4 is 5.69 Å². The summed E-state index contributed by atoms with van der Waals surface area (Å²) in [6.45, 7) is 0. The Morgan fingerprint density at radius 2 is 2.06 bits per heavy atom. The Hall–Kier alpha value is -1.84. The second-order valence-corrected chi connectivity index (χ2v) is 4.95. The molecule has 1 aromatic carbocycles. The summed E-state index contributed by atoms with van der Waals surface area (Å²) in [5, 5.41) is 4.01. The van der Waals surface area contributed by atoms with Gasteiger partial charge < -0.3 is 10.3 Å². The summed E-state index contributed by atoms with van der Waals surface area (Å²) in [6, 6.07) is 7.90. The van der Waals surface area contributed by atoms with Crippen molar-refractivity contribution in [2.24, 2.45) is 5.92 Å². The van der Waals surface area contributed by atoms with Crippen LogP contribution in [0.25, 0.3) is 0 Å². The SMILES string of the molecule is Nc1ccccc1CCc1nc(CC2CC2)no1. The molecule has 1 aromatic heterocycles. The third-order valence-corrected chi connectivity index (χ3v) is 3.34. The van der Waals surface area contributed by atoms with Crippen LogP contribution in [0, 0.1) is 5.92 Å². The van der Waals surface area contributed by atoms with E-state index in [1.54, 1.807) is 0 Å². The molecule has 0 amide bonds. The minimum atomic E-state index is 0.717. The van der Waals surface area contributed by atoms with Gasteiger partial charge in [0.25, 0.3) is 0 Å². The molecule has 0 bridgehead atoms. The zero-order valence-electron chi connectivity index (χ0n) is 10.3. The standard InChI is InChI=1S/C14H17N3O/c15-12-4-2-1-3-11(12)7-8-14-16-13(17-18-14)9-10-5-6-10/h1-4,10H,5-9,15H2. The van der Waals surface area contributed by atoms with Crippen LogP contribution in [-0.2, 0) is 19.3 Å². The van der Waals surface area contributed by atoms with E-state index in [4.69, 9.17) is 10.3 Å². The largest absolute Gasteiger partial charge is 0.399 e. The van der Waals surface area contributed by atoms with Gasteiger partial charge in [-0.25, -0.2) is 0 Å². The van der Waals surface area contributed by atoms with E-state index in [0.29, 0.717) is 5.89 Å². The highest BCUT2D eigenvalue weighted by atomic mass is 16.5. The Balaban J connectivity index is 1.59. The fourth-order valence-electron chi connectivity index (χ4n) is 2.06. The normalized spacial score (nSPS) is 14.9. The van der Waals surface area contributed by atoms with Gasteiger partial charge in [0.15, 0.2) is 5.82 Å². The fraction of sp³-hybridized carbons (Fsp3) is 0.429. The number of para-hydroxylation sites is 1. The third-order valence-electron chi connectivity index (χ3n) is 3.34. The van der Waals surface area contributed by atoms with E-state index >= 15 is 0 Å².